The zero-order chi connectivity index (χ0) is 19.7. The molecule has 1 aromatic carbocycles. The molecule has 0 bridgehead atoms. The van der Waals surface area contributed by atoms with Crippen LogP contribution in [0.25, 0.3) is 0 Å². The lowest BCUT2D eigenvalue weighted by Gasteiger charge is -2.11. The summed E-state index contributed by atoms with van der Waals surface area (Å²) >= 11 is 0. The van der Waals surface area contributed by atoms with Crippen LogP contribution in [0.1, 0.15) is 24.2 Å². The SMILES string of the molecule is CCN/C(=N/CCN(C)C)OC(=O)c1ccc(OC(C)=O)c([N+](=O)[O-])c1. The minimum absolute atomic E-state index is 0.0334. The number of hydrogen-bond acceptors (Lipinski definition) is 8. The van der Waals surface area contributed by atoms with E-state index >= 15 is 0 Å². The van der Waals surface area contributed by atoms with E-state index in [4.69, 9.17) is 9.47 Å². The van der Waals surface area contributed by atoms with Gasteiger partial charge in [-0.3, -0.25) is 14.9 Å². The quantitative estimate of drug-likeness (QED) is 0.191. The molecule has 0 unspecified atom stereocenters. The zero-order valence-corrected chi connectivity index (χ0v) is 15.1. The first kappa shape index (κ1) is 21.0. The first-order valence-electron chi connectivity index (χ1n) is 7.86. The van der Waals surface area contributed by atoms with Gasteiger partial charge in [-0.2, -0.15) is 0 Å². The molecule has 142 valence electrons. The van der Waals surface area contributed by atoms with Gasteiger partial charge in [0.05, 0.1) is 17.0 Å². The van der Waals surface area contributed by atoms with Crippen molar-refractivity contribution in [2.45, 2.75) is 13.8 Å². The fraction of sp³-hybridized carbons (Fsp3) is 0.438. The lowest BCUT2D eigenvalue weighted by atomic mass is 10.2. The molecule has 0 aromatic heterocycles. The van der Waals surface area contributed by atoms with Gasteiger partial charge in [0.15, 0.2) is 0 Å². The molecule has 0 heterocycles. The van der Waals surface area contributed by atoms with Crippen molar-refractivity contribution in [3.8, 4) is 5.75 Å². The number of aliphatic imine (C=N–C) groups is 1. The Morgan fingerprint density at radius 2 is 2.04 bits per heavy atom. The Morgan fingerprint density at radius 3 is 2.58 bits per heavy atom. The third-order valence-electron chi connectivity index (χ3n) is 2.97. The Morgan fingerprint density at radius 1 is 1.35 bits per heavy atom. The Kier molecular flexibility index (Phi) is 8.16. The molecule has 0 aliphatic rings. The topological polar surface area (TPSA) is 123 Å². The van der Waals surface area contributed by atoms with Crippen molar-refractivity contribution in [3.05, 3.63) is 33.9 Å². The molecule has 0 atom stereocenters. The number of esters is 2. The van der Waals surface area contributed by atoms with Gasteiger partial charge in [-0.25, -0.2) is 9.79 Å². The summed E-state index contributed by atoms with van der Waals surface area (Å²) in [5, 5.41) is 13.9. The molecule has 0 saturated carbocycles. The summed E-state index contributed by atoms with van der Waals surface area (Å²) in [6, 6.07) is 3.47. The maximum Gasteiger partial charge on any atom is 0.346 e. The molecule has 0 aliphatic carbocycles. The van der Waals surface area contributed by atoms with Crippen LogP contribution in [-0.2, 0) is 9.53 Å². The third kappa shape index (κ3) is 6.85. The van der Waals surface area contributed by atoms with E-state index in [1.165, 1.54) is 12.1 Å². The van der Waals surface area contributed by atoms with E-state index in [0.29, 0.717) is 19.6 Å². The van der Waals surface area contributed by atoms with Crippen molar-refractivity contribution >= 4 is 23.6 Å². The number of benzene rings is 1. The van der Waals surface area contributed by atoms with Gasteiger partial charge in [-0.05, 0) is 33.2 Å². The van der Waals surface area contributed by atoms with Crippen LogP contribution in [0.4, 0.5) is 5.69 Å². The van der Waals surface area contributed by atoms with Crippen LogP contribution in [-0.4, -0.2) is 61.5 Å². The van der Waals surface area contributed by atoms with Crippen LogP contribution in [0.3, 0.4) is 0 Å². The fourth-order valence-corrected chi connectivity index (χ4v) is 1.80. The number of nitro benzene ring substituents is 1. The molecule has 0 aliphatic heterocycles. The Bertz CT molecular complexity index is 702. The van der Waals surface area contributed by atoms with E-state index in [0.717, 1.165) is 13.0 Å². The monoisotopic (exact) mass is 366 g/mol. The van der Waals surface area contributed by atoms with Gasteiger partial charge in [0.1, 0.15) is 0 Å². The van der Waals surface area contributed by atoms with Crippen LogP contribution in [0.2, 0.25) is 0 Å². The molecule has 0 spiro atoms. The Hall–Kier alpha value is -3.01. The predicted octanol–water partition coefficient (Wildman–Crippen LogP) is 1.20. The number of amidine groups is 1. The maximum atomic E-state index is 12.3. The average molecular weight is 366 g/mol. The molecular weight excluding hydrogens is 344 g/mol. The standard InChI is InChI=1S/C16H22N4O6/c1-5-17-16(18-8-9-19(3)4)26-15(22)12-6-7-14(25-11(2)21)13(10-12)20(23)24/h6-7,10H,5,8-9H2,1-4H3,(H,17,18). The maximum absolute atomic E-state index is 12.3. The highest BCUT2D eigenvalue weighted by atomic mass is 16.6. The summed E-state index contributed by atoms with van der Waals surface area (Å²) < 4.78 is 9.93. The van der Waals surface area contributed by atoms with Gasteiger partial charge in [0.2, 0.25) is 5.75 Å². The summed E-state index contributed by atoms with van der Waals surface area (Å²) in [7, 11) is 3.77. The van der Waals surface area contributed by atoms with Crippen LogP contribution >= 0.6 is 0 Å². The fourth-order valence-electron chi connectivity index (χ4n) is 1.80. The van der Waals surface area contributed by atoms with Crippen molar-refractivity contribution in [2.24, 2.45) is 4.99 Å². The highest BCUT2D eigenvalue weighted by molar-refractivity contribution is 5.98. The lowest BCUT2D eigenvalue weighted by molar-refractivity contribution is -0.385. The van der Waals surface area contributed by atoms with Gasteiger partial charge in [-0.1, -0.05) is 0 Å². The number of likely N-dealkylation sites (N-methyl/N-ethyl adjacent to an activating group) is 1. The van der Waals surface area contributed by atoms with E-state index in [-0.39, 0.29) is 17.3 Å². The molecule has 0 amide bonds. The first-order valence-corrected chi connectivity index (χ1v) is 7.86. The van der Waals surface area contributed by atoms with Crippen LogP contribution in [0, 0.1) is 10.1 Å². The number of nitro groups is 1. The Labute approximate surface area is 150 Å². The average Bonchev–Trinajstić information content (AvgIpc) is 2.54. The third-order valence-corrected chi connectivity index (χ3v) is 2.97. The van der Waals surface area contributed by atoms with E-state index in [1.807, 2.05) is 25.9 Å². The number of carbonyl (C=O) groups is 2. The normalized spacial score (nSPS) is 11.2. The molecule has 10 nitrogen and oxygen atoms in total. The molecule has 0 saturated heterocycles. The van der Waals surface area contributed by atoms with E-state index in [2.05, 4.69) is 10.3 Å². The van der Waals surface area contributed by atoms with E-state index in [1.54, 1.807) is 0 Å². The van der Waals surface area contributed by atoms with Gasteiger partial charge in [-0.15, -0.1) is 0 Å². The molecule has 0 fully saturated rings. The van der Waals surface area contributed by atoms with Crippen molar-refractivity contribution in [2.75, 3.05) is 33.7 Å². The van der Waals surface area contributed by atoms with Crippen molar-refractivity contribution in [1.29, 1.82) is 0 Å². The minimum Gasteiger partial charge on any atom is -0.419 e. The molecule has 26 heavy (non-hydrogen) atoms. The van der Waals surface area contributed by atoms with Crippen LogP contribution in [0.5, 0.6) is 5.75 Å². The predicted molar refractivity (Wildman–Crippen MR) is 94.4 cm³/mol. The number of hydrogen-bond donors (Lipinski definition) is 1. The number of nitrogens with zero attached hydrogens (tertiary/aromatic N) is 3. The number of carbonyl (C=O) groups excluding carboxylic acids is 2. The molecule has 0 radical (unpaired) electrons. The lowest BCUT2D eigenvalue weighted by Crippen LogP contribution is -2.29. The van der Waals surface area contributed by atoms with Gasteiger partial charge in [0, 0.05) is 26.1 Å². The van der Waals surface area contributed by atoms with Gasteiger partial charge < -0.3 is 19.7 Å². The molecule has 1 rings (SSSR count). The van der Waals surface area contributed by atoms with E-state index in [9.17, 15) is 19.7 Å². The Balaban J connectivity index is 2.98. The van der Waals surface area contributed by atoms with Crippen molar-refractivity contribution < 1.29 is 24.0 Å². The number of ether oxygens (including phenoxy) is 2. The largest absolute Gasteiger partial charge is 0.419 e. The second-order valence-corrected chi connectivity index (χ2v) is 5.44. The minimum atomic E-state index is -0.813. The summed E-state index contributed by atoms with van der Waals surface area (Å²) in [5.74, 6) is -1.76. The number of nitrogens with one attached hydrogen (secondary N) is 1. The smallest absolute Gasteiger partial charge is 0.346 e. The summed E-state index contributed by atoms with van der Waals surface area (Å²) in [6.45, 7) is 4.50. The zero-order valence-electron chi connectivity index (χ0n) is 15.1. The van der Waals surface area contributed by atoms with Crippen molar-refractivity contribution in [3.63, 3.8) is 0 Å². The van der Waals surface area contributed by atoms with Crippen molar-refractivity contribution in [1.82, 2.24) is 10.2 Å². The van der Waals surface area contributed by atoms with Gasteiger partial charge in [0.25, 0.3) is 6.02 Å². The summed E-state index contributed by atoms with van der Waals surface area (Å²) in [4.78, 5) is 39.7. The molecule has 1 N–H and O–H groups in total. The van der Waals surface area contributed by atoms with Crippen LogP contribution < -0.4 is 10.1 Å². The molecular formula is C16H22N4O6. The second kappa shape index (κ2) is 10.1. The van der Waals surface area contributed by atoms with Crippen LogP contribution in [0.15, 0.2) is 23.2 Å². The molecule has 10 heteroatoms. The highest BCUT2D eigenvalue weighted by Crippen LogP contribution is 2.28. The van der Waals surface area contributed by atoms with E-state index < -0.39 is 22.5 Å². The summed E-state index contributed by atoms with van der Waals surface area (Å²) in [6.07, 6.45) is 0. The second-order valence-electron chi connectivity index (χ2n) is 5.44. The number of rotatable bonds is 7. The van der Waals surface area contributed by atoms with Gasteiger partial charge >= 0.3 is 17.6 Å². The summed E-state index contributed by atoms with van der Waals surface area (Å²) in [5.41, 5.74) is -0.574. The highest BCUT2D eigenvalue weighted by Gasteiger charge is 2.21. The molecule has 1 aromatic rings. The first-order chi connectivity index (χ1) is 12.2.